The maximum absolute atomic E-state index is 12.5. The number of aryl methyl sites for hydroxylation is 2. The molecule has 0 unspecified atom stereocenters. The second kappa shape index (κ2) is 8.26. The molecule has 0 saturated carbocycles. The van der Waals surface area contributed by atoms with E-state index in [1.807, 2.05) is 13.8 Å². The van der Waals surface area contributed by atoms with Gasteiger partial charge >= 0.3 is 0 Å². The molecule has 0 fully saturated rings. The van der Waals surface area contributed by atoms with Crippen molar-refractivity contribution in [3.63, 3.8) is 0 Å². The molecule has 1 aromatic carbocycles. The van der Waals surface area contributed by atoms with Crippen LogP contribution in [-0.2, 0) is 16.4 Å². The quantitative estimate of drug-likeness (QED) is 0.701. The smallest absolute Gasteiger partial charge is 0.261 e. The number of rotatable bonds is 8. The van der Waals surface area contributed by atoms with E-state index in [4.69, 9.17) is 4.52 Å². The molecule has 25 heavy (non-hydrogen) atoms. The van der Waals surface area contributed by atoms with Crippen molar-refractivity contribution in [1.82, 2.24) is 9.88 Å². The summed E-state index contributed by atoms with van der Waals surface area (Å²) in [5.74, 6) is 0.0587. The average Bonchev–Trinajstić information content (AvgIpc) is 2.96. The number of nitrogens with one attached hydrogen (secondary N) is 2. The molecule has 7 nitrogen and oxygen atoms in total. The van der Waals surface area contributed by atoms with Crippen LogP contribution in [0.15, 0.2) is 33.7 Å². The van der Waals surface area contributed by atoms with E-state index in [0.29, 0.717) is 35.7 Å². The molecule has 0 aliphatic carbocycles. The lowest BCUT2D eigenvalue weighted by Crippen LogP contribution is -2.25. The van der Waals surface area contributed by atoms with Crippen molar-refractivity contribution in [1.29, 1.82) is 0 Å². The topological polar surface area (TPSA) is 101 Å². The van der Waals surface area contributed by atoms with Gasteiger partial charge in [0.2, 0.25) is 10.0 Å². The third-order valence-corrected chi connectivity index (χ3v) is 5.18. The highest BCUT2D eigenvalue weighted by Crippen LogP contribution is 2.19. The van der Waals surface area contributed by atoms with Crippen LogP contribution in [0.5, 0.6) is 0 Å². The minimum absolute atomic E-state index is 0.110. The Balaban J connectivity index is 2.19. The predicted octanol–water partition coefficient (Wildman–Crippen LogP) is 2.88. The van der Waals surface area contributed by atoms with Crippen LogP contribution in [-0.4, -0.2) is 26.0 Å². The summed E-state index contributed by atoms with van der Waals surface area (Å²) < 4.78 is 32.2. The van der Waals surface area contributed by atoms with Gasteiger partial charge in [0.25, 0.3) is 5.91 Å². The number of amides is 1. The molecule has 0 aliphatic rings. The van der Waals surface area contributed by atoms with Crippen molar-refractivity contribution < 1.29 is 17.7 Å². The Hall–Kier alpha value is -2.19. The number of unbranched alkanes of at least 4 members (excludes halogenated alkanes) is 1. The van der Waals surface area contributed by atoms with Crippen LogP contribution in [0.4, 0.5) is 5.69 Å². The zero-order valence-corrected chi connectivity index (χ0v) is 15.4. The van der Waals surface area contributed by atoms with Gasteiger partial charge in [0, 0.05) is 12.2 Å². The normalized spacial score (nSPS) is 11.5. The molecule has 0 spiro atoms. The number of benzene rings is 1. The monoisotopic (exact) mass is 365 g/mol. The van der Waals surface area contributed by atoms with Gasteiger partial charge in [-0.15, -0.1) is 0 Å². The highest BCUT2D eigenvalue weighted by molar-refractivity contribution is 7.89. The first-order valence-corrected chi connectivity index (χ1v) is 9.73. The number of aromatic nitrogens is 1. The van der Waals surface area contributed by atoms with Crippen molar-refractivity contribution in [2.24, 2.45) is 0 Å². The van der Waals surface area contributed by atoms with Crippen molar-refractivity contribution in [3.05, 3.63) is 41.3 Å². The maximum Gasteiger partial charge on any atom is 0.261 e. The van der Waals surface area contributed by atoms with E-state index in [1.54, 1.807) is 19.1 Å². The molecule has 0 bridgehead atoms. The summed E-state index contributed by atoms with van der Waals surface area (Å²) in [6, 6.07) is 6.15. The first kappa shape index (κ1) is 19.1. The van der Waals surface area contributed by atoms with Gasteiger partial charge in [0.1, 0.15) is 11.3 Å². The molecule has 0 saturated heterocycles. The summed E-state index contributed by atoms with van der Waals surface area (Å²) in [5, 5.41) is 6.56. The van der Waals surface area contributed by atoms with Gasteiger partial charge in [-0.05, 0) is 38.0 Å². The summed E-state index contributed by atoms with van der Waals surface area (Å²) in [6.07, 6.45) is 2.23. The molecule has 1 amide bonds. The Bertz CT molecular complexity index is 843. The van der Waals surface area contributed by atoms with Gasteiger partial charge < -0.3 is 9.84 Å². The standard InChI is InChI=1S/C17H23N3O4S/c1-4-6-10-18-25(22,23)14-9-7-8-13(11-14)19-17(21)16-12(3)24-20-15(16)5-2/h7-9,11,18H,4-6,10H2,1-3H3,(H,19,21). The van der Waals surface area contributed by atoms with Crippen LogP contribution < -0.4 is 10.0 Å². The number of hydrogen-bond donors (Lipinski definition) is 2. The van der Waals surface area contributed by atoms with Crippen LogP contribution in [0.25, 0.3) is 0 Å². The highest BCUT2D eigenvalue weighted by atomic mass is 32.2. The van der Waals surface area contributed by atoms with Crippen LogP contribution in [0.3, 0.4) is 0 Å². The summed E-state index contributed by atoms with van der Waals surface area (Å²) in [6.45, 7) is 5.92. The lowest BCUT2D eigenvalue weighted by molar-refractivity contribution is 0.102. The van der Waals surface area contributed by atoms with Crippen molar-refractivity contribution in [2.45, 2.75) is 44.9 Å². The van der Waals surface area contributed by atoms with Gasteiger partial charge in [-0.1, -0.05) is 31.5 Å². The SMILES string of the molecule is CCCCNS(=O)(=O)c1cccc(NC(=O)c2c(CC)noc2C)c1. The Labute approximate surface area is 147 Å². The Morgan fingerprint density at radius 2 is 2.04 bits per heavy atom. The molecule has 2 N–H and O–H groups in total. The van der Waals surface area contributed by atoms with E-state index in [9.17, 15) is 13.2 Å². The lowest BCUT2D eigenvalue weighted by Gasteiger charge is -2.09. The number of anilines is 1. The first-order valence-electron chi connectivity index (χ1n) is 8.25. The van der Waals surface area contributed by atoms with Gasteiger partial charge in [-0.25, -0.2) is 13.1 Å². The number of nitrogens with zero attached hydrogens (tertiary/aromatic N) is 1. The molecule has 1 aromatic heterocycles. The Morgan fingerprint density at radius 3 is 2.72 bits per heavy atom. The van der Waals surface area contributed by atoms with E-state index < -0.39 is 10.0 Å². The average molecular weight is 365 g/mol. The lowest BCUT2D eigenvalue weighted by atomic mass is 10.1. The van der Waals surface area contributed by atoms with E-state index in [0.717, 1.165) is 12.8 Å². The minimum Gasteiger partial charge on any atom is -0.361 e. The summed E-state index contributed by atoms with van der Waals surface area (Å²) >= 11 is 0. The van der Waals surface area contributed by atoms with Crippen molar-refractivity contribution >= 4 is 21.6 Å². The third-order valence-electron chi connectivity index (χ3n) is 3.72. The number of carbonyl (C=O) groups excluding carboxylic acids is 1. The van der Waals surface area contributed by atoms with Crippen LogP contribution in [0.2, 0.25) is 0 Å². The summed E-state index contributed by atoms with van der Waals surface area (Å²) in [4.78, 5) is 12.6. The number of carbonyl (C=O) groups is 1. The third kappa shape index (κ3) is 4.67. The van der Waals surface area contributed by atoms with Gasteiger partial charge in [0.05, 0.1) is 10.6 Å². The van der Waals surface area contributed by atoms with E-state index in [1.165, 1.54) is 12.1 Å². The van der Waals surface area contributed by atoms with Crippen LogP contribution >= 0.6 is 0 Å². The van der Waals surface area contributed by atoms with Crippen molar-refractivity contribution in [3.8, 4) is 0 Å². The van der Waals surface area contributed by atoms with E-state index in [-0.39, 0.29) is 10.8 Å². The summed E-state index contributed by atoms with van der Waals surface area (Å²) in [5.41, 5.74) is 1.35. The molecule has 0 atom stereocenters. The second-order valence-corrected chi connectivity index (χ2v) is 7.41. The molecule has 136 valence electrons. The first-order chi connectivity index (χ1) is 11.9. The van der Waals surface area contributed by atoms with E-state index >= 15 is 0 Å². The fourth-order valence-corrected chi connectivity index (χ4v) is 3.47. The fraction of sp³-hybridized carbons (Fsp3) is 0.412. The maximum atomic E-state index is 12.5. The zero-order chi connectivity index (χ0) is 18.4. The zero-order valence-electron chi connectivity index (χ0n) is 14.6. The molecule has 0 aliphatic heterocycles. The predicted molar refractivity (Wildman–Crippen MR) is 95.1 cm³/mol. The van der Waals surface area contributed by atoms with Crippen molar-refractivity contribution in [2.75, 3.05) is 11.9 Å². The largest absolute Gasteiger partial charge is 0.361 e. The molecule has 2 rings (SSSR count). The summed E-state index contributed by atoms with van der Waals surface area (Å²) in [7, 11) is -3.60. The van der Waals surface area contributed by atoms with Gasteiger partial charge in [-0.2, -0.15) is 0 Å². The van der Waals surface area contributed by atoms with Gasteiger partial charge in [0.15, 0.2) is 0 Å². The molecule has 1 heterocycles. The second-order valence-electron chi connectivity index (χ2n) is 5.65. The minimum atomic E-state index is -3.60. The Kier molecular flexibility index (Phi) is 6.33. The fourth-order valence-electron chi connectivity index (χ4n) is 2.35. The molecule has 8 heteroatoms. The van der Waals surface area contributed by atoms with Gasteiger partial charge in [-0.3, -0.25) is 4.79 Å². The van der Waals surface area contributed by atoms with Crippen LogP contribution in [0, 0.1) is 6.92 Å². The van der Waals surface area contributed by atoms with Crippen LogP contribution in [0.1, 0.15) is 48.5 Å². The molecule has 2 aromatic rings. The Morgan fingerprint density at radius 1 is 1.28 bits per heavy atom. The molecular formula is C17H23N3O4S. The number of hydrogen-bond acceptors (Lipinski definition) is 5. The molecule has 0 radical (unpaired) electrons. The van der Waals surface area contributed by atoms with E-state index in [2.05, 4.69) is 15.2 Å². The highest BCUT2D eigenvalue weighted by Gasteiger charge is 2.20. The number of sulfonamides is 1. The molecular weight excluding hydrogens is 342 g/mol.